The number of nitro groups is 1. The molecule has 3 N–H and O–H groups in total. The topological polar surface area (TPSA) is 119 Å². The van der Waals surface area contributed by atoms with Gasteiger partial charge in [-0.15, -0.1) is 0 Å². The first-order valence-electron chi connectivity index (χ1n) is 10.9. The van der Waals surface area contributed by atoms with E-state index in [0.717, 1.165) is 18.4 Å². The first-order valence-corrected chi connectivity index (χ1v) is 10.9. The minimum atomic E-state index is -0.419. The lowest BCUT2D eigenvalue weighted by atomic mass is 10.1. The standard InChI is InChI=1S/C24H30N4O5/c1-4-7-17(12-13-29)26-22-19-8-5-6-9-20(19)27-24(23(22)28(30)31)25-15-16-10-11-18(32-2)14-21(16)33-3/h5-6,8-11,14,17,29H,4,7,12-13,15H2,1-3H3,(H2,25,26,27). The summed E-state index contributed by atoms with van der Waals surface area (Å²) in [5.41, 5.74) is 1.72. The molecule has 9 heteroatoms. The molecule has 0 amide bonds. The number of aliphatic hydroxyl groups excluding tert-OH is 1. The Morgan fingerprint density at radius 3 is 2.61 bits per heavy atom. The summed E-state index contributed by atoms with van der Waals surface area (Å²) in [6.45, 7) is 2.31. The molecule has 2 aromatic carbocycles. The van der Waals surface area contributed by atoms with Crippen LogP contribution in [0.15, 0.2) is 42.5 Å². The molecule has 1 unspecified atom stereocenters. The molecule has 9 nitrogen and oxygen atoms in total. The van der Waals surface area contributed by atoms with Crippen LogP contribution in [0.2, 0.25) is 0 Å². The van der Waals surface area contributed by atoms with E-state index >= 15 is 0 Å². The molecule has 3 aromatic rings. The number of pyridine rings is 1. The van der Waals surface area contributed by atoms with Gasteiger partial charge in [0.25, 0.3) is 0 Å². The number of hydrogen-bond acceptors (Lipinski definition) is 8. The summed E-state index contributed by atoms with van der Waals surface area (Å²) >= 11 is 0. The predicted octanol–water partition coefficient (Wildman–Crippen LogP) is 4.74. The Kier molecular flexibility index (Phi) is 8.26. The number of aromatic nitrogens is 1. The summed E-state index contributed by atoms with van der Waals surface area (Å²) in [5.74, 6) is 1.43. The average molecular weight is 455 g/mol. The lowest BCUT2D eigenvalue weighted by Crippen LogP contribution is -2.22. The monoisotopic (exact) mass is 454 g/mol. The van der Waals surface area contributed by atoms with E-state index in [4.69, 9.17) is 9.47 Å². The molecular weight excluding hydrogens is 424 g/mol. The molecule has 0 aliphatic rings. The number of aliphatic hydroxyl groups is 1. The molecule has 0 saturated heterocycles. The molecule has 176 valence electrons. The fraction of sp³-hybridized carbons (Fsp3) is 0.375. The van der Waals surface area contributed by atoms with Crippen molar-refractivity contribution in [3.63, 3.8) is 0 Å². The number of anilines is 2. The largest absolute Gasteiger partial charge is 0.497 e. The van der Waals surface area contributed by atoms with E-state index in [-0.39, 0.29) is 30.7 Å². The van der Waals surface area contributed by atoms with Crippen LogP contribution < -0.4 is 20.1 Å². The second-order valence-electron chi connectivity index (χ2n) is 7.63. The number of nitrogens with zero attached hydrogens (tertiary/aromatic N) is 2. The van der Waals surface area contributed by atoms with E-state index in [1.807, 2.05) is 37.3 Å². The van der Waals surface area contributed by atoms with Crippen LogP contribution in [-0.4, -0.2) is 41.9 Å². The van der Waals surface area contributed by atoms with Crippen molar-refractivity contribution in [3.05, 3.63) is 58.1 Å². The Bertz CT molecular complexity index is 1100. The first kappa shape index (κ1) is 24.1. The highest BCUT2D eigenvalue weighted by atomic mass is 16.6. The van der Waals surface area contributed by atoms with Crippen molar-refractivity contribution >= 4 is 28.1 Å². The second-order valence-corrected chi connectivity index (χ2v) is 7.63. The molecule has 0 fully saturated rings. The maximum atomic E-state index is 12.2. The number of para-hydroxylation sites is 1. The van der Waals surface area contributed by atoms with Crippen LogP contribution in [0.3, 0.4) is 0 Å². The van der Waals surface area contributed by atoms with Gasteiger partial charge in [-0.2, -0.15) is 0 Å². The summed E-state index contributed by atoms with van der Waals surface area (Å²) in [6, 6.07) is 12.6. The van der Waals surface area contributed by atoms with Crippen molar-refractivity contribution in [2.75, 3.05) is 31.5 Å². The maximum Gasteiger partial charge on any atom is 0.334 e. The Morgan fingerprint density at radius 2 is 1.94 bits per heavy atom. The van der Waals surface area contributed by atoms with Crippen LogP contribution in [0.25, 0.3) is 10.9 Å². The molecule has 3 rings (SSSR count). The predicted molar refractivity (Wildman–Crippen MR) is 129 cm³/mol. The van der Waals surface area contributed by atoms with Crippen LogP contribution in [0.1, 0.15) is 31.7 Å². The van der Waals surface area contributed by atoms with Crippen LogP contribution in [0, 0.1) is 10.1 Å². The van der Waals surface area contributed by atoms with Crippen LogP contribution in [0.5, 0.6) is 11.5 Å². The van der Waals surface area contributed by atoms with Gasteiger partial charge < -0.3 is 25.2 Å². The molecule has 0 saturated carbocycles. The lowest BCUT2D eigenvalue weighted by Gasteiger charge is -2.21. The Morgan fingerprint density at radius 1 is 1.15 bits per heavy atom. The molecule has 0 radical (unpaired) electrons. The smallest absolute Gasteiger partial charge is 0.334 e. The van der Waals surface area contributed by atoms with Crippen LogP contribution in [-0.2, 0) is 6.54 Å². The molecule has 33 heavy (non-hydrogen) atoms. The maximum absolute atomic E-state index is 12.2. The SMILES string of the molecule is CCCC(CCO)Nc1c([N+](=O)[O-])c(NCc2ccc(OC)cc2OC)nc2ccccc12. The van der Waals surface area contributed by atoms with Crippen molar-refractivity contribution < 1.29 is 19.5 Å². The molecule has 1 atom stereocenters. The number of methoxy groups -OCH3 is 2. The molecule has 0 aliphatic heterocycles. The van der Waals surface area contributed by atoms with E-state index in [0.29, 0.717) is 34.5 Å². The minimum absolute atomic E-state index is 0.00312. The van der Waals surface area contributed by atoms with Gasteiger partial charge in [-0.25, -0.2) is 4.98 Å². The zero-order valence-corrected chi connectivity index (χ0v) is 19.1. The minimum Gasteiger partial charge on any atom is -0.497 e. The van der Waals surface area contributed by atoms with Gasteiger partial charge in [-0.3, -0.25) is 10.1 Å². The molecular formula is C24H30N4O5. The second kappa shape index (κ2) is 11.3. The van der Waals surface area contributed by atoms with Crippen molar-refractivity contribution in [2.24, 2.45) is 0 Å². The van der Waals surface area contributed by atoms with Gasteiger partial charge in [0.1, 0.15) is 17.2 Å². The molecule has 0 bridgehead atoms. The highest BCUT2D eigenvalue weighted by molar-refractivity contribution is 5.99. The van der Waals surface area contributed by atoms with Gasteiger partial charge >= 0.3 is 5.69 Å². The van der Waals surface area contributed by atoms with E-state index < -0.39 is 4.92 Å². The number of benzene rings is 2. The van der Waals surface area contributed by atoms with Crippen molar-refractivity contribution in [1.29, 1.82) is 0 Å². The lowest BCUT2D eigenvalue weighted by molar-refractivity contribution is -0.383. The first-order chi connectivity index (χ1) is 16.0. The summed E-state index contributed by atoms with van der Waals surface area (Å²) in [7, 11) is 3.14. The zero-order chi connectivity index (χ0) is 23.8. The number of fused-ring (bicyclic) bond motifs is 1. The van der Waals surface area contributed by atoms with Gasteiger partial charge in [-0.1, -0.05) is 31.5 Å². The van der Waals surface area contributed by atoms with Crippen LogP contribution in [0.4, 0.5) is 17.2 Å². The van der Waals surface area contributed by atoms with Gasteiger partial charge in [0, 0.05) is 36.2 Å². The summed E-state index contributed by atoms with van der Waals surface area (Å²) in [5, 5.41) is 28.8. The Labute approximate surface area is 192 Å². The summed E-state index contributed by atoms with van der Waals surface area (Å²) < 4.78 is 10.7. The quantitative estimate of drug-likeness (QED) is 0.265. The van der Waals surface area contributed by atoms with E-state index in [2.05, 4.69) is 15.6 Å². The molecule has 0 aliphatic carbocycles. The van der Waals surface area contributed by atoms with Gasteiger partial charge in [0.15, 0.2) is 0 Å². The van der Waals surface area contributed by atoms with Gasteiger partial charge in [0.2, 0.25) is 5.82 Å². The normalized spacial score (nSPS) is 11.8. The number of ether oxygens (including phenoxy) is 2. The fourth-order valence-corrected chi connectivity index (χ4v) is 3.82. The van der Waals surface area contributed by atoms with Gasteiger partial charge in [-0.05, 0) is 31.0 Å². The van der Waals surface area contributed by atoms with E-state index in [9.17, 15) is 15.2 Å². The third-order valence-electron chi connectivity index (χ3n) is 5.45. The fourth-order valence-electron chi connectivity index (χ4n) is 3.82. The van der Waals surface area contributed by atoms with Crippen molar-refractivity contribution in [1.82, 2.24) is 4.98 Å². The average Bonchev–Trinajstić information content (AvgIpc) is 2.82. The molecule has 1 aromatic heterocycles. The third kappa shape index (κ3) is 5.61. The molecule has 0 spiro atoms. The summed E-state index contributed by atoms with van der Waals surface area (Å²) in [4.78, 5) is 16.3. The van der Waals surface area contributed by atoms with Crippen molar-refractivity contribution in [3.8, 4) is 11.5 Å². The number of hydrogen-bond donors (Lipinski definition) is 3. The Balaban J connectivity index is 2.04. The van der Waals surface area contributed by atoms with Crippen molar-refractivity contribution in [2.45, 2.75) is 38.8 Å². The van der Waals surface area contributed by atoms with E-state index in [1.54, 1.807) is 26.4 Å². The highest BCUT2D eigenvalue weighted by Gasteiger charge is 2.26. The number of nitrogens with one attached hydrogen (secondary N) is 2. The zero-order valence-electron chi connectivity index (χ0n) is 19.1. The Hall–Kier alpha value is -3.59. The van der Waals surface area contributed by atoms with E-state index in [1.165, 1.54) is 0 Å². The third-order valence-corrected chi connectivity index (χ3v) is 5.45. The summed E-state index contributed by atoms with van der Waals surface area (Å²) in [6.07, 6.45) is 2.16. The van der Waals surface area contributed by atoms with Gasteiger partial charge in [0.05, 0.1) is 24.7 Å². The molecule has 1 heterocycles. The highest BCUT2D eigenvalue weighted by Crippen LogP contribution is 2.39. The number of rotatable bonds is 12. The van der Waals surface area contributed by atoms with Crippen LogP contribution >= 0.6 is 0 Å².